The molecule has 0 aliphatic heterocycles. The first-order valence-corrected chi connectivity index (χ1v) is 11.0. The lowest BCUT2D eigenvalue weighted by Crippen LogP contribution is -2.28. The zero-order valence-corrected chi connectivity index (χ0v) is 17.0. The molecule has 1 aliphatic carbocycles. The van der Waals surface area contributed by atoms with Crippen LogP contribution in [0.1, 0.15) is 29.3 Å². The number of rotatable bonds is 8. The zero-order valence-electron chi connectivity index (χ0n) is 16.2. The predicted molar refractivity (Wildman–Crippen MR) is 109 cm³/mol. The molecule has 7 nitrogen and oxygen atoms in total. The minimum Gasteiger partial charge on any atom is -0.478 e. The number of hydrogen-bond acceptors (Lipinski definition) is 5. The van der Waals surface area contributed by atoms with Gasteiger partial charge in [-0.15, -0.1) is 0 Å². The van der Waals surface area contributed by atoms with Gasteiger partial charge >= 0.3 is 5.97 Å². The van der Waals surface area contributed by atoms with E-state index >= 15 is 0 Å². The van der Waals surface area contributed by atoms with Crippen molar-refractivity contribution in [3.05, 3.63) is 53.6 Å². The molecule has 1 aliphatic rings. The molecule has 0 radical (unpaired) electrons. The first kappa shape index (κ1) is 20.1. The number of anilines is 2. The van der Waals surface area contributed by atoms with Crippen molar-refractivity contribution in [1.29, 1.82) is 0 Å². The molecule has 0 bridgehead atoms. The van der Waals surface area contributed by atoms with Gasteiger partial charge in [-0.25, -0.2) is 18.2 Å². The molecule has 1 saturated carbocycles. The molecule has 1 aromatic heterocycles. The van der Waals surface area contributed by atoms with E-state index in [1.54, 1.807) is 0 Å². The van der Waals surface area contributed by atoms with Crippen LogP contribution in [0.25, 0.3) is 0 Å². The van der Waals surface area contributed by atoms with E-state index in [1.165, 1.54) is 24.7 Å². The highest BCUT2D eigenvalue weighted by atomic mass is 32.2. The summed E-state index contributed by atoms with van der Waals surface area (Å²) in [7, 11) is -2.20. The lowest BCUT2D eigenvalue weighted by Gasteiger charge is -2.22. The third-order valence-corrected chi connectivity index (χ3v) is 6.38. The van der Waals surface area contributed by atoms with Crippen molar-refractivity contribution in [2.24, 2.45) is 11.8 Å². The van der Waals surface area contributed by atoms with Crippen molar-refractivity contribution in [1.82, 2.24) is 4.98 Å². The van der Waals surface area contributed by atoms with E-state index < -0.39 is 16.0 Å². The van der Waals surface area contributed by atoms with Crippen molar-refractivity contribution < 1.29 is 18.3 Å². The standard InChI is InChI=1S/C20H25N3O4S/c1-13-9-16(13)17(10-14-7-5-4-6-8-14)21-18-11-15(20(24)25)12-19(22-18)23(2)28(3,26)27/h4-8,11-13,16-17H,9-10H2,1-3H3,(H,21,22)(H,24,25). The van der Waals surface area contributed by atoms with E-state index in [1.807, 2.05) is 18.2 Å². The summed E-state index contributed by atoms with van der Waals surface area (Å²) < 4.78 is 24.7. The highest BCUT2D eigenvalue weighted by Crippen LogP contribution is 2.42. The number of nitrogens with zero attached hydrogens (tertiary/aromatic N) is 2. The summed E-state index contributed by atoms with van der Waals surface area (Å²) in [5.41, 5.74) is 1.17. The van der Waals surface area contributed by atoms with E-state index in [-0.39, 0.29) is 17.4 Å². The van der Waals surface area contributed by atoms with Crippen LogP contribution in [0, 0.1) is 11.8 Å². The lowest BCUT2D eigenvalue weighted by molar-refractivity contribution is 0.0697. The fraction of sp³-hybridized carbons (Fsp3) is 0.400. The second-order valence-corrected chi connectivity index (χ2v) is 9.47. The number of aromatic nitrogens is 1. The number of carbonyl (C=O) groups is 1. The Morgan fingerprint density at radius 1 is 1.32 bits per heavy atom. The van der Waals surface area contributed by atoms with Gasteiger partial charge in [0.05, 0.1) is 11.8 Å². The minimum atomic E-state index is -3.55. The molecule has 3 unspecified atom stereocenters. The maximum atomic E-state index is 11.9. The lowest BCUT2D eigenvalue weighted by atomic mass is 10.0. The topological polar surface area (TPSA) is 99.6 Å². The normalized spacial score (nSPS) is 19.7. The van der Waals surface area contributed by atoms with Gasteiger partial charge < -0.3 is 10.4 Å². The average Bonchev–Trinajstić information content (AvgIpc) is 3.37. The Labute approximate surface area is 165 Å². The SMILES string of the molecule is CC1CC1C(Cc1ccccc1)Nc1cc(C(=O)O)cc(N(C)S(C)(=O)=O)n1. The maximum absolute atomic E-state index is 11.9. The van der Waals surface area contributed by atoms with E-state index in [0.717, 1.165) is 23.4 Å². The predicted octanol–water partition coefficient (Wildman–Crippen LogP) is 2.85. The molecular weight excluding hydrogens is 378 g/mol. The van der Waals surface area contributed by atoms with Gasteiger partial charge in [-0.05, 0) is 42.4 Å². The summed E-state index contributed by atoms with van der Waals surface area (Å²) >= 11 is 0. The summed E-state index contributed by atoms with van der Waals surface area (Å²) in [6.07, 6.45) is 2.94. The molecule has 3 rings (SSSR count). The van der Waals surface area contributed by atoms with E-state index in [4.69, 9.17) is 0 Å². The quantitative estimate of drug-likeness (QED) is 0.703. The molecule has 0 amide bonds. The van der Waals surface area contributed by atoms with Crippen molar-refractivity contribution >= 4 is 27.6 Å². The van der Waals surface area contributed by atoms with E-state index in [2.05, 4.69) is 29.4 Å². The van der Waals surface area contributed by atoms with Crippen LogP contribution in [0.15, 0.2) is 42.5 Å². The molecule has 150 valence electrons. The molecule has 3 atom stereocenters. The monoisotopic (exact) mass is 403 g/mol. The molecule has 1 aromatic carbocycles. The molecule has 2 N–H and O–H groups in total. The van der Waals surface area contributed by atoms with Crippen molar-refractivity contribution in [3.8, 4) is 0 Å². The number of hydrogen-bond donors (Lipinski definition) is 2. The van der Waals surface area contributed by atoms with Crippen molar-refractivity contribution in [2.45, 2.75) is 25.8 Å². The second-order valence-electron chi connectivity index (χ2n) is 7.45. The number of benzene rings is 1. The molecular formula is C20H25N3O4S. The third-order valence-electron chi connectivity index (χ3n) is 5.20. The molecule has 0 saturated heterocycles. The summed E-state index contributed by atoms with van der Waals surface area (Å²) in [5, 5.41) is 12.8. The first-order valence-electron chi connectivity index (χ1n) is 9.15. The number of carboxylic acid groups (broad SMARTS) is 1. The average molecular weight is 404 g/mol. The largest absolute Gasteiger partial charge is 0.478 e. The molecule has 8 heteroatoms. The summed E-state index contributed by atoms with van der Waals surface area (Å²) in [5.74, 6) is 0.360. The Morgan fingerprint density at radius 3 is 2.50 bits per heavy atom. The van der Waals surface area contributed by atoms with Crippen LogP contribution in [0.5, 0.6) is 0 Å². The van der Waals surface area contributed by atoms with Gasteiger partial charge in [0.25, 0.3) is 0 Å². The molecule has 0 spiro atoms. The number of carboxylic acids is 1. The summed E-state index contributed by atoms with van der Waals surface area (Å²) in [6, 6.07) is 12.9. The molecule has 1 heterocycles. The summed E-state index contributed by atoms with van der Waals surface area (Å²) in [4.78, 5) is 15.9. The highest BCUT2D eigenvalue weighted by Gasteiger charge is 2.39. The number of sulfonamides is 1. The van der Waals surface area contributed by atoms with Crippen LogP contribution in [-0.2, 0) is 16.4 Å². The number of aromatic carboxylic acids is 1. The number of pyridine rings is 1. The van der Waals surface area contributed by atoms with Crippen molar-refractivity contribution in [3.63, 3.8) is 0 Å². The Bertz CT molecular complexity index is 963. The maximum Gasteiger partial charge on any atom is 0.335 e. The van der Waals surface area contributed by atoms with Gasteiger partial charge in [0.1, 0.15) is 11.6 Å². The van der Waals surface area contributed by atoms with Crippen LogP contribution in [0.3, 0.4) is 0 Å². The minimum absolute atomic E-state index is 0.00898. The van der Waals surface area contributed by atoms with Gasteiger partial charge in [0.2, 0.25) is 10.0 Å². The van der Waals surface area contributed by atoms with Crippen LogP contribution in [0.2, 0.25) is 0 Å². The van der Waals surface area contributed by atoms with Gasteiger partial charge in [-0.3, -0.25) is 4.31 Å². The fourth-order valence-electron chi connectivity index (χ4n) is 3.32. The van der Waals surface area contributed by atoms with Crippen LogP contribution >= 0.6 is 0 Å². The smallest absolute Gasteiger partial charge is 0.335 e. The first-order chi connectivity index (χ1) is 13.1. The Balaban J connectivity index is 1.91. The zero-order chi connectivity index (χ0) is 20.5. The Morgan fingerprint density at radius 2 is 1.96 bits per heavy atom. The van der Waals surface area contributed by atoms with Gasteiger partial charge in [0, 0.05) is 13.1 Å². The van der Waals surface area contributed by atoms with Gasteiger partial charge in [-0.2, -0.15) is 0 Å². The highest BCUT2D eigenvalue weighted by molar-refractivity contribution is 7.92. The van der Waals surface area contributed by atoms with Crippen LogP contribution in [-0.4, -0.2) is 43.8 Å². The van der Waals surface area contributed by atoms with Gasteiger partial charge in [-0.1, -0.05) is 37.3 Å². The van der Waals surface area contributed by atoms with Crippen LogP contribution < -0.4 is 9.62 Å². The summed E-state index contributed by atoms with van der Waals surface area (Å²) in [6.45, 7) is 2.19. The van der Waals surface area contributed by atoms with Gasteiger partial charge in [0.15, 0.2) is 0 Å². The Hall–Kier alpha value is -2.61. The molecule has 2 aromatic rings. The second kappa shape index (κ2) is 7.79. The number of nitrogens with one attached hydrogen (secondary N) is 1. The van der Waals surface area contributed by atoms with Crippen molar-refractivity contribution in [2.75, 3.05) is 22.9 Å². The van der Waals surface area contributed by atoms with Crippen LogP contribution in [0.4, 0.5) is 11.6 Å². The Kier molecular flexibility index (Phi) is 5.60. The van der Waals surface area contributed by atoms with E-state index in [9.17, 15) is 18.3 Å². The molecule has 1 fully saturated rings. The van der Waals surface area contributed by atoms with E-state index in [0.29, 0.717) is 17.7 Å². The third kappa shape index (κ3) is 4.81. The molecule has 28 heavy (non-hydrogen) atoms. The fourth-order valence-corrected chi connectivity index (χ4v) is 3.76.